The molecule has 2 N–H and O–H groups in total. The lowest BCUT2D eigenvalue weighted by Gasteiger charge is -2.37. The molecule has 22 heavy (non-hydrogen) atoms. The van der Waals surface area contributed by atoms with Crippen molar-refractivity contribution in [2.75, 3.05) is 53.4 Å². The van der Waals surface area contributed by atoms with Gasteiger partial charge in [-0.2, -0.15) is 0 Å². The molecule has 2 aliphatic heterocycles. The molecule has 0 spiro atoms. The second-order valence-corrected chi connectivity index (χ2v) is 7.70. The number of piperidine rings is 1. The molecule has 0 unspecified atom stereocenters. The zero-order valence-electron chi connectivity index (χ0n) is 15.7. The van der Waals surface area contributed by atoms with Crippen molar-refractivity contribution < 1.29 is 19.9 Å². The summed E-state index contributed by atoms with van der Waals surface area (Å²) in [7, 11) is 4.81. The van der Waals surface area contributed by atoms with Crippen LogP contribution < -0.4 is 0 Å². The second kappa shape index (κ2) is 12.3. The quantitative estimate of drug-likeness (QED) is 0.726. The van der Waals surface area contributed by atoms with Gasteiger partial charge in [0, 0.05) is 12.8 Å². The number of hydrogen-bond acceptors (Lipinski definition) is 2. The van der Waals surface area contributed by atoms with Crippen molar-refractivity contribution >= 4 is 0 Å². The third kappa shape index (κ3) is 9.09. The standard InChI is InChI=1S/C10H22N.C8H18N.2H2O/c1-3-4-8-11(2)9-6-5-7-10-11;1-3-6-9(2)7-4-5-8-9;;/h3-10H2,1-2H3;3-8H2,1-2H3;2*1H2/q2*+1;;/p-2. The molecule has 0 aromatic carbocycles. The number of nitrogens with zero attached hydrogens (tertiary/aromatic N) is 2. The van der Waals surface area contributed by atoms with Crippen LogP contribution in [-0.4, -0.2) is 73.3 Å². The second-order valence-electron chi connectivity index (χ2n) is 7.70. The van der Waals surface area contributed by atoms with Gasteiger partial charge < -0.3 is 19.9 Å². The molecule has 4 nitrogen and oxygen atoms in total. The van der Waals surface area contributed by atoms with Gasteiger partial charge in [-0.15, -0.1) is 0 Å². The Morgan fingerprint density at radius 2 is 1.00 bits per heavy atom. The summed E-state index contributed by atoms with van der Waals surface area (Å²) in [5.41, 5.74) is 0. The normalized spacial score (nSPS) is 21.8. The summed E-state index contributed by atoms with van der Waals surface area (Å²) in [5, 5.41) is 0. The van der Waals surface area contributed by atoms with Crippen molar-refractivity contribution in [1.82, 2.24) is 0 Å². The summed E-state index contributed by atoms with van der Waals surface area (Å²) >= 11 is 0. The van der Waals surface area contributed by atoms with E-state index in [4.69, 9.17) is 0 Å². The van der Waals surface area contributed by atoms with Crippen LogP contribution in [0.2, 0.25) is 0 Å². The fourth-order valence-corrected chi connectivity index (χ4v) is 3.90. The first kappa shape index (κ1) is 24.1. The van der Waals surface area contributed by atoms with Crippen molar-refractivity contribution in [1.29, 1.82) is 0 Å². The maximum atomic E-state index is 2.43. The Morgan fingerprint density at radius 1 is 0.591 bits per heavy atom. The van der Waals surface area contributed by atoms with E-state index in [1.807, 2.05) is 0 Å². The molecule has 2 rings (SSSR count). The number of likely N-dealkylation sites (tertiary alicyclic amines) is 2. The van der Waals surface area contributed by atoms with Crippen LogP contribution in [0, 0.1) is 0 Å². The van der Waals surface area contributed by atoms with E-state index < -0.39 is 0 Å². The van der Waals surface area contributed by atoms with Gasteiger partial charge in [-0.05, 0) is 32.1 Å². The van der Waals surface area contributed by atoms with E-state index >= 15 is 0 Å². The van der Waals surface area contributed by atoms with E-state index in [-0.39, 0.29) is 11.0 Å². The van der Waals surface area contributed by atoms with Crippen molar-refractivity contribution in [2.45, 2.75) is 65.2 Å². The van der Waals surface area contributed by atoms with Crippen LogP contribution in [0.25, 0.3) is 0 Å². The Hall–Kier alpha value is -0.160. The first-order valence-electron chi connectivity index (χ1n) is 9.21. The number of hydrogen-bond donors (Lipinski definition) is 0. The van der Waals surface area contributed by atoms with E-state index in [9.17, 15) is 0 Å². The number of rotatable bonds is 5. The van der Waals surface area contributed by atoms with Gasteiger partial charge in [-0.25, -0.2) is 0 Å². The molecule has 0 bridgehead atoms. The predicted octanol–water partition coefficient (Wildman–Crippen LogP) is 3.70. The maximum Gasteiger partial charge on any atom is 0.0786 e. The predicted molar refractivity (Wildman–Crippen MR) is 93.7 cm³/mol. The molecule has 2 fully saturated rings. The van der Waals surface area contributed by atoms with Gasteiger partial charge in [0.2, 0.25) is 0 Å². The van der Waals surface area contributed by atoms with Gasteiger partial charge in [0.05, 0.1) is 53.4 Å². The lowest BCUT2D eigenvalue weighted by molar-refractivity contribution is -0.914. The third-order valence-corrected chi connectivity index (χ3v) is 5.36. The van der Waals surface area contributed by atoms with Gasteiger partial charge in [0.15, 0.2) is 0 Å². The molecule has 2 heterocycles. The summed E-state index contributed by atoms with van der Waals surface area (Å²) in [6, 6.07) is 0. The fraction of sp³-hybridized carbons (Fsp3) is 1.00. The van der Waals surface area contributed by atoms with Crippen LogP contribution in [0.5, 0.6) is 0 Å². The largest absolute Gasteiger partial charge is 0.870 e. The van der Waals surface area contributed by atoms with Crippen molar-refractivity contribution in [3.8, 4) is 0 Å². The SMILES string of the molecule is CCCC[N+]1(C)CCCCC1.CCC[N+]1(C)CCCC1.[OH-].[OH-]. The van der Waals surface area contributed by atoms with Gasteiger partial charge in [0.1, 0.15) is 0 Å². The summed E-state index contributed by atoms with van der Waals surface area (Å²) in [6.45, 7) is 13.1. The molecule has 0 amide bonds. The Kier molecular flexibility index (Phi) is 13.5. The van der Waals surface area contributed by atoms with Crippen LogP contribution >= 0.6 is 0 Å². The molecule has 0 aliphatic carbocycles. The molecular weight excluding hydrogens is 276 g/mol. The molecular formula is C18H42N2O2. The van der Waals surface area contributed by atoms with Crippen LogP contribution in [0.3, 0.4) is 0 Å². The molecule has 2 saturated heterocycles. The highest BCUT2D eigenvalue weighted by Crippen LogP contribution is 2.17. The minimum atomic E-state index is 0. The van der Waals surface area contributed by atoms with E-state index in [1.165, 1.54) is 99.6 Å². The highest BCUT2D eigenvalue weighted by molar-refractivity contribution is 4.51. The van der Waals surface area contributed by atoms with Crippen LogP contribution in [0.1, 0.15) is 65.2 Å². The number of unbranched alkanes of at least 4 members (excludes halogenated alkanes) is 1. The summed E-state index contributed by atoms with van der Waals surface area (Å²) < 4.78 is 2.70. The van der Waals surface area contributed by atoms with Crippen molar-refractivity contribution in [3.63, 3.8) is 0 Å². The topological polar surface area (TPSA) is 60.0 Å². The molecule has 0 atom stereocenters. The summed E-state index contributed by atoms with van der Waals surface area (Å²) in [5.74, 6) is 0. The molecule has 4 heteroatoms. The molecule has 0 aromatic rings. The Balaban J connectivity index is 0. The Bertz CT molecular complexity index is 247. The van der Waals surface area contributed by atoms with Crippen LogP contribution in [0.15, 0.2) is 0 Å². The Labute approximate surface area is 139 Å². The molecule has 136 valence electrons. The Morgan fingerprint density at radius 3 is 1.41 bits per heavy atom. The molecule has 2 aliphatic rings. The monoisotopic (exact) mass is 318 g/mol. The highest BCUT2D eigenvalue weighted by atomic mass is 16.0. The first-order valence-corrected chi connectivity index (χ1v) is 9.21. The van der Waals surface area contributed by atoms with E-state index in [1.54, 1.807) is 0 Å². The lowest BCUT2D eigenvalue weighted by Crippen LogP contribution is -2.48. The average Bonchev–Trinajstić information content (AvgIpc) is 2.85. The van der Waals surface area contributed by atoms with Crippen LogP contribution in [-0.2, 0) is 0 Å². The van der Waals surface area contributed by atoms with E-state index in [0.717, 1.165) is 0 Å². The fourth-order valence-electron chi connectivity index (χ4n) is 3.90. The summed E-state index contributed by atoms with van der Waals surface area (Å²) in [6.07, 6.45) is 11.4. The smallest absolute Gasteiger partial charge is 0.0786 e. The minimum Gasteiger partial charge on any atom is -0.870 e. The molecule has 0 radical (unpaired) electrons. The summed E-state index contributed by atoms with van der Waals surface area (Å²) in [4.78, 5) is 0. The molecule has 0 aromatic heterocycles. The van der Waals surface area contributed by atoms with Gasteiger partial charge in [0.25, 0.3) is 0 Å². The van der Waals surface area contributed by atoms with Crippen molar-refractivity contribution in [3.05, 3.63) is 0 Å². The van der Waals surface area contributed by atoms with E-state index in [0.29, 0.717) is 0 Å². The third-order valence-electron chi connectivity index (χ3n) is 5.36. The average molecular weight is 319 g/mol. The van der Waals surface area contributed by atoms with Crippen molar-refractivity contribution in [2.24, 2.45) is 0 Å². The molecule has 0 saturated carbocycles. The minimum absolute atomic E-state index is 0. The van der Waals surface area contributed by atoms with Gasteiger partial charge in [-0.3, -0.25) is 0 Å². The van der Waals surface area contributed by atoms with Gasteiger partial charge in [-0.1, -0.05) is 20.3 Å². The zero-order valence-corrected chi connectivity index (χ0v) is 15.7. The lowest BCUT2D eigenvalue weighted by atomic mass is 10.1. The maximum absolute atomic E-state index is 2.43. The van der Waals surface area contributed by atoms with E-state index in [2.05, 4.69) is 27.9 Å². The van der Waals surface area contributed by atoms with Crippen LogP contribution in [0.4, 0.5) is 0 Å². The zero-order chi connectivity index (χ0) is 14.9. The highest BCUT2D eigenvalue weighted by Gasteiger charge is 2.25. The first-order chi connectivity index (χ1) is 9.54. The number of quaternary nitrogens is 2. The van der Waals surface area contributed by atoms with Gasteiger partial charge >= 0.3 is 0 Å².